The van der Waals surface area contributed by atoms with Crippen molar-refractivity contribution in [2.45, 2.75) is 220 Å². The van der Waals surface area contributed by atoms with Crippen LogP contribution in [0.1, 0.15) is 260 Å². The largest absolute Gasteiger partial charge is 0.374 e. The van der Waals surface area contributed by atoms with Crippen LogP contribution in [-0.2, 0) is 47.0 Å². The van der Waals surface area contributed by atoms with Crippen molar-refractivity contribution >= 4 is 112 Å². The van der Waals surface area contributed by atoms with Crippen molar-refractivity contribution < 1.29 is 49.6 Å². The predicted molar refractivity (Wildman–Crippen MR) is 484 cm³/mol. The highest BCUT2D eigenvalue weighted by Crippen LogP contribution is 2.53. The van der Waals surface area contributed by atoms with Gasteiger partial charge in [0.05, 0.1) is 28.7 Å². The number of fused-ring (bicyclic) bond motifs is 13. The molecular formula is C98H119N8O10S3+. The quantitative estimate of drug-likeness (QED) is 0.0106. The summed E-state index contributed by atoms with van der Waals surface area (Å²) in [5.74, 6) is -0.702. The maximum absolute atomic E-state index is 14.2. The molecule has 0 saturated carbocycles. The lowest BCUT2D eigenvalue weighted by atomic mass is 9.78. The number of rotatable bonds is 34. The summed E-state index contributed by atoms with van der Waals surface area (Å²) in [4.78, 5) is 57.8. The van der Waals surface area contributed by atoms with Crippen LogP contribution in [0.15, 0.2) is 159 Å². The number of Topliss-reactive ketones (excluding diaryl/α,β-unsaturated/α-hetero) is 1. The van der Waals surface area contributed by atoms with Gasteiger partial charge in [-0.2, -0.15) is 21.4 Å². The second-order valence-corrected chi connectivity index (χ2v) is 38.8. The molecule has 5 aromatic carbocycles. The van der Waals surface area contributed by atoms with E-state index in [1.807, 2.05) is 31.2 Å². The maximum Gasteiger partial charge on any atom is 0.264 e. The number of aromatic amines is 3. The summed E-state index contributed by atoms with van der Waals surface area (Å²) < 4.78 is 76.1. The van der Waals surface area contributed by atoms with Gasteiger partial charge in [-0.05, 0) is 233 Å². The summed E-state index contributed by atoms with van der Waals surface area (Å²) in [5, 5.41) is 16.9. The standard InChI is InChI=1S/C98H118N8O10S3/c1-12-14-15-26-54-116-65(7)89-63(5)79-58-78-62(4)73(93(103-78)76-57-85(107)90-64(6)80(104-94(76)90)59-81-72(13-2)61(3)77(101-81)60-82(89)102-79)44-49-88(108)99-50-22-16-17-23-51-100-96(109)70-36-42-71(43-37-70)117-95-68(40-47-86-97(8,9)91-74-34-20-18-30-66(74)38-45-83(91)105(86)52-24-27-55-118(110,111)112)32-29-33-69(95)41-48-87-98(10,11)92-75-35-21-19-31-67(75)39-46-84(92)106(87)53-25-28-56-119(113,114)115/h18-21,30-31,34-43,45-48,58-60,62,65,73,101-102H,12-17,22-29,32-33,44,49-57H2,1-11H3,(H5-,99,100,103,104,107,108,109,110,111,112,113,114,115)/p+1/t62-,65?,73-/m0/s1. The number of carbonyl (C=O) groups is 3. The van der Waals surface area contributed by atoms with Crippen molar-refractivity contribution in [2.24, 2.45) is 11.8 Å². The van der Waals surface area contributed by atoms with E-state index >= 15 is 0 Å². The number of ether oxygens (including phenoxy) is 1. The van der Waals surface area contributed by atoms with Crippen LogP contribution >= 0.6 is 11.8 Å². The van der Waals surface area contributed by atoms with Gasteiger partial charge in [0.15, 0.2) is 11.5 Å². The Morgan fingerprint density at radius 3 is 2.08 bits per heavy atom. The molecule has 1 fully saturated rings. The zero-order chi connectivity index (χ0) is 84.2. The Bertz CT molecular complexity index is 5880. The zero-order valence-electron chi connectivity index (χ0n) is 71.2. The minimum Gasteiger partial charge on any atom is -0.374 e. The Labute approximate surface area is 707 Å². The maximum atomic E-state index is 14.2. The molecule has 7 heterocycles. The van der Waals surface area contributed by atoms with Gasteiger partial charge in [-0.3, -0.25) is 23.5 Å². The highest BCUT2D eigenvalue weighted by atomic mass is 32.2. The van der Waals surface area contributed by atoms with Gasteiger partial charge in [-0.25, -0.2) is 0 Å². The van der Waals surface area contributed by atoms with Crippen LogP contribution in [0.3, 0.4) is 0 Å². The van der Waals surface area contributed by atoms with E-state index in [1.165, 1.54) is 35.1 Å². The molecule has 3 atom stereocenters. The summed E-state index contributed by atoms with van der Waals surface area (Å²) in [5.41, 5.74) is 21.9. The van der Waals surface area contributed by atoms with Crippen LogP contribution in [0, 0.1) is 32.6 Å². The van der Waals surface area contributed by atoms with E-state index in [-0.39, 0.29) is 53.5 Å². The molecule has 8 aromatic rings. The number of benzene rings is 5. The number of allylic oxidation sites excluding steroid dienone is 10. The third-order valence-corrected chi connectivity index (χ3v) is 28.6. The topological polar surface area (TPSA) is 259 Å². The SMILES string of the molecule is CCCCCCOC(C)c1c2[nH]c(c1C)C=C1NC(=C3CC(=O)c4c3[nH]c(c4C)C=c3[nH]c(c(C)c3CC)=C2)[C@@H](CCC(=O)NCCCCCCNC(=O)c2ccc(SC3=C(/C=C/C4=[N+](CCCCS(=O)(=O)O)c5ccc6ccccc6c5C4(C)C)CCC/C3=C\C=C3\N(CCCCS(=O)(=O)O)c4ccc5ccccc5c4C3(C)C)cc2)[C@@H]1C. The fraction of sp³-hybridized carbons (Fsp3) is 0.429. The van der Waals surface area contributed by atoms with E-state index < -0.39 is 31.1 Å². The van der Waals surface area contributed by atoms with Gasteiger partial charge >= 0.3 is 0 Å². The van der Waals surface area contributed by atoms with Crippen molar-refractivity contribution in [2.75, 3.05) is 49.2 Å². The normalized spacial score (nSPS) is 18.4. The highest BCUT2D eigenvalue weighted by Gasteiger charge is 2.47. The van der Waals surface area contributed by atoms with E-state index in [0.29, 0.717) is 76.9 Å². The number of nitrogens with one attached hydrogen (secondary N) is 6. The average molecular weight is 1670 g/mol. The molecule has 18 nitrogen and oxygen atoms in total. The molecule has 1 unspecified atom stereocenters. The third-order valence-electron chi connectivity index (χ3n) is 25.8. The summed E-state index contributed by atoms with van der Waals surface area (Å²) >= 11 is 1.69. The molecule has 21 heteroatoms. The fourth-order valence-corrected chi connectivity index (χ4v) is 21.7. The Morgan fingerprint density at radius 1 is 0.697 bits per heavy atom. The van der Waals surface area contributed by atoms with Crippen LogP contribution in [0.5, 0.6) is 0 Å². The van der Waals surface area contributed by atoms with Crippen molar-refractivity contribution in [1.82, 2.24) is 30.9 Å². The number of hydrogen-bond acceptors (Lipinski definition) is 11. The molecule has 8 N–H and O–H groups in total. The van der Waals surface area contributed by atoms with Gasteiger partial charge in [-0.1, -0.05) is 145 Å². The van der Waals surface area contributed by atoms with E-state index in [0.717, 1.165) is 202 Å². The molecule has 0 radical (unpaired) electrons. The summed E-state index contributed by atoms with van der Waals surface area (Å²) in [6.07, 6.45) is 29.7. The third kappa shape index (κ3) is 18.6. The molecule has 14 rings (SSSR count). The fourth-order valence-electron chi connectivity index (χ4n) is 19.4. The van der Waals surface area contributed by atoms with Crippen molar-refractivity contribution in [3.63, 3.8) is 0 Å². The van der Waals surface area contributed by atoms with Crippen LogP contribution in [-0.4, -0.2) is 113 Å². The molecule has 2 amide bonds. The summed E-state index contributed by atoms with van der Waals surface area (Å²) in [6.45, 7) is 27.1. The first-order chi connectivity index (χ1) is 57.0. The first kappa shape index (κ1) is 86.0. The van der Waals surface area contributed by atoms with Crippen molar-refractivity contribution in [3.05, 3.63) is 238 Å². The lowest BCUT2D eigenvalue weighted by Gasteiger charge is -2.28. The molecule has 628 valence electrons. The van der Waals surface area contributed by atoms with E-state index in [9.17, 15) is 40.3 Å². The molecule has 8 bridgehead atoms. The minimum absolute atomic E-state index is 0.00151. The van der Waals surface area contributed by atoms with Gasteiger partial charge in [0.25, 0.3) is 26.1 Å². The minimum atomic E-state index is -4.13. The van der Waals surface area contributed by atoms with Crippen molar-refractivity contribution in [3.8, 4) is 0 Å². The monoisotopic (exact) mass is 1660 g/mol. The van der Waals surface area contributed by atoms with Crippen LogP contribution in [0.2, 0.25) is 0 Å². The molecule has 3 aromatic heterocycles. The summed E-state index contributed by atoms with van der Waals surface area (Å²) in [7, 11) is -8.26. The number of aromatic nitrogens is 3. The first-order valence-corrected chi connectivity index (χ1v) is 47.3. The van der Waals surface area contributed by atoms with Gasteiger partial charge in [0.1, 0.15) is 6.54 Å². The molecule has 6 aliphatic rings. The van der Waals surface area contributed by atoms with Crippen LogP contribution in [0.4, 0.5) is 11.4 Å². The number of amides is 2. The molecule has 1 saturated heterocycles. The van der Waals surface area contributed by atoms with Gasteiger partial charge < -0.3 is 40.5 Å². The Kier molecular flexibility index (Phi) is 26.4. The number of anilines is 1. The number of unbranched alkanes of at least 4 members (excludes halogenated alkanes) is 8. The van der Waals surface area contributed by atoms with Gasteiger partial charge in [0, 0.05) is 163 Å². The number of ketones is 1. The van der Waals surface area contributed by atoms with Gasteiger partial charge in [-0.15, -0.1) is 0 Å². The van der Waals surface area contributed by atoms with Gasteiger partial charge in [0.2, 0.25) is 11.6 Å². The number of hydrogen-bond donors (Lipinski definition) is 8. The molecular weight excluding hydrogens is 1550 g/mol. The lowest BCUT2D eigenvalue weighted by molar-refractivity contribution is -0.438. The molecule has 0 spiro atoms. The predicted octanol–water partition coefficient (Wildman–Crippen LogP) is 19.3. The lowest BCUT2D eigenvalue weighted by Crippen LogP contribution is -2.28. The zero-order valence-corrected chi connectivity index (χ0v) is 73.6. The summed E-state index contributed by atoms with van der Waals surface area (Å²) in [6, 6.07) is 33.4. The highest BCUT2D eigenvalue weighted by molar-refractivity contribution is 8.03. The van der Waals surface area contributed by atoms with E-state index in [4.69, 9.17) is 4.74 Å². The Balaban J connectivity index is 0.648. The average Bonchev–Trinajstić information content (AvgIpc) is 1.58. The second kappa shape index (κ2) is 36.5. The molecule has 4 aliphatic heterocycles. The van der Waals surface area contributed by atoms with E-state index in [1.54, 1.807) is 11.8 Å². The first-order valence-electron chi connectivity index (χ1n) is 43.3. The Morgan fingerprint density at radius 2 is 1.37 bits per heavy atom. The van der Waals surface area contributed by atoms with E-state index in [2.05, 4.69) is 225 Å². The van der Waals surface area contributed by atoms with Crippen molar-refractivity contribution in [1.29, 1.82) is 0 Å². The number of thioether (sulfide) groups is 1. The number of nitrogens with zero attached hydrogens (tertiary/aromatic N) is 2. The Hall–Kier alpha value is -9.35. The van der Waals surface area contributed by atoms with Crippen LogP contribution < -0.4 is 31.5 Å². The second-order valence-electron chi connectivity index (χ2n) is 34.5. The number of carbonyl (C=O) groups excluding carboxylic acids is 3. The van der Waals surface area contributed by atoms with Crippen LogP contribution in [0.25, 0.3) is 45.3 Å². The smallest absolute Gasteiger partial charge is 0.264 e. The number of H-pyrrole nitrogens is 3. The molecule has 119 heavy (non-hydrogen) atoms. The molecule has 2 aliphatic carbocycles.